The standard InChI is InChI=1S/C4H10N4/c1-4-3-8(5)6-7(4)2/h3,6H,5H2,1-2H3. The highest BCUT2D eigenvalue weighted by Crippen LogP contribution is 2.01. The van der Waals surface area contributed by atoms with Gasteiger partial charge in [0.2, 0.25) is 0 Å². The highest BCUT2D eigenvalue weighted by atomic mass is 15.8. The average Bonchev–Trinajstić information content (AvgIpc) is 1.85. The fourth-order valence-corrected chi connectivity index (χ4v) is 0.569. The second-order valence-corrected chi connectivity index (χ2v) is 1.84. The van der Waals surface area contributed by atoms with E-state index in [0.29, 0.717) is 0 Å². The summed E-state index contributed by atoms with van der Waals surface area (Å²) in [6, 6.07) is 0. The minimum absolute atomic E-state index is 1.10. The first-order chi connectivity index (χ1) is 3.70. The zero-order chi connectivity index (χ0) is 6.15. The van der Waals surface area contributed by atoms with Gasteiger partial charge in [-0.15, -0.1) is 5.53 Å². The molecule has 1 rings (SSSR count). The lowest BCUT2D eigenvalue weighted by Gasteiger charge is -2.14. The summed E-state index contributed by atoms with van der Waals surface area (Å²) in [6.07, 6.45) is 1.81. The number of nitrogens with one attached hydrogen (secondary N) is 1. The first-order valence-corrected chi connectivity index (χ1v) is 2.42. The largest absolute Gasteiger partial charge is 0.296 e. The molecular weight excluding hydrogens is 104 g/mol. The number of allylic oxidation sites excluding steroid dienone is 1. The summed E-state index contributed by atoms with van der Waals surface area (Å²) in [5.41, 5.74) is 3.92. The summed E-state index contributed by atoms with van der Waals surface area (Å²) in [7, 11) is 1.90. The third-order valence-electron chi connectivity index (χ3n) is 1.12. The maximum Gasteiger partial charge on any atom is 0.0560 e. The van der Waals surface area contributed by atoms with Crippen LogP contribution in [0.1, 0.15) is 6.92 Å². The lowest BCUT2D eigenvalue weighted by atomic mass is 10.5. The van der Waals surface area contributed by atoms with E-state index in [0.717, 1.165) is 5.70 Å². The van der Waals surface area contributed by atoms with Crippen molar-refractivity contribution in [3.63, 3.8) is 0 Å². The van der Waals surface area contributed by atoms with Crippen molar-refractivity contribution >= 4 is 0 Å². The maximum absolute atomic E-state index is 5.32. The molecular formula is C4H10N4. The van der Waals surface area contributed by atoms with E-state index < -0.39 is 0 Å². The number of hydrazine groups is 3. The molecule has 1 aliphatic heterocycles. The molecule has 0 radical (unpaired) electrons. The van der Waals surface area contributed by atoms with E-state index in [9.17, 15) is 0 Å². The highest BCUT2D eigenvalue weighted by Gasteiger charge is 2.07. The van der Waals surface area contributed by atoms with Gasteiger partial charge in [0.25, 0.3) is 0 Å². The van der Waals surface area contributed by atoms with Crippen molar-refractivity contribution < 1.29 is 0 Å². The molecule has 0 aromatic heterocycles. The molecule has 8 heavy (non-hydrogen) atoms. The van der Waals surface area contributed by atoms with E-state index in [-0.39, 0.29) is 0 Å². The van der Waals surface area contributed by atoms with Gasteiger partial charge < -0.3 is 0 Å². The lowest BCUT2D eigenvalue weighted by molar-refractivity contribution is 0.157. The van der Waals surface area contributed by atoms with E-state index >= 15 is 0 Å². The van der Waals surface area contributed by atoms with Crippen molar-refractivity contribution in [2.24, 2.45) is 5.84 Å². The first kappa shape index (κ1) is 5.40. The molecule has 4 heteroatoms. The number of rotatable bonds is 0. The van der Waals surface area contributed by atoms with Gasteiger partial charge in [-0.25, -0.2) is 11.0 Å². The van der Waals surface area contributed by atoms with Crippen LogP contribution >= 0.6 is 0 Å². The predicted octanol–water partition coefficient (Wildman–Crippen LogP) is -0.612. The molecule has 0 aliphatic carbocycles. The summed E-state index contributed by atoms with van der Waals surface area (Å²) in [4.78, 5) is 0. The Morgan fingerprint density at radius 3 is 2.50 bits per heavy atom. The smallest absolute Gasteiger partial charge is 0.0560 e. The van der Waals surface area contributed by atoms with Gasteiger partial charge in [0.15, 0.2) is 0 Å². The van der Waals surface area contributed by atoms with E-state index in [1.54, 1.807) is 6.20 Å². The Hall–Kier alpha value is -0.740. The Morgan fingerprint density at radius 1 is 1.75 bits per heavy atom. The monoisotopic (exact) mass is 114 g/mol. The Balaban J connectivity index is 2.59. The number of hydrogen-bond donors (Lipinski definition) is 2. The van der Waals surface area contributed by atoms with Crippen LogP contribution in [0.15, 0.2) is 11.9 Å². The average molecular weight is 114 g/mol. The molecule has 0 atom stereocenters. The Morgan fingerprint density at radius 2 is 2.38 bits per heavy atom. The Kier molecular flexibility index (Phi) is 1.11. The zero-order valence-electron chi connectivity index (χ0n) is 5.05. The normalized spacial score (nSPS) is 19.6. The molecule has 1 aliphatic rings. The minimum Gasteiger partial charge on any atom is -0.296 e. The second kappa shape index (κ2) is 1.65. The molecule has 4 nitrogen and oxygen atoms in total. The van der Waals surface area contributed by atoms with Gasteiger partial charge in [-0.3, -0.25) is 5.01 Å². The molecule has 0 unspecified atom stereocenters. The van der Waals surface area contributed by atoms with Crippen molar-refractivity contribution in [2.75, 3.05) is 7.05 Å². The van der Waals surface area contributed by atoms with Crippen LogP contribution in [-0.2, 0) is 0 Å². The maximum atomic E-state index is 5.32. The Labute approximate surface area is 48.5 Å². The van der Waals surface area contributed by atoms with Gasteiger partial charge in [0.05, 0.1) is 6.20 Å². The van der Waals surface area contributed by atoms with E-state index in [2.05, 4.69) is 5.53 Å². The molecule has 0 bridgehead atoms. The van der Waals surface area contributed by atoms with Crippen LogP contribution in [0.4, 0.5) is 0 Å². The molecule has 0 spiro atoms. The minimum atomic E-state index is 1.10. The van der Waals surface area contributed by atoms with Gasteiger partial charge in [0.1, 0.15) is 0 Å². The van der Waals surface area contributed by atoms with E-state index in [1.165, 1.54) is 5.12 Å². The van der Waals surface area contributed by atoms with Crippen LogP contribution in [0, 0.1) is 0 Å². The van der Waals surface area contributed by atoms with Crippen molar-refractivity contribution in [2.45, 2.75) is 6.92 Å². The first-order valence-electron chi connectivity index (χ1n) is 2.42. The van der Waals surface area contributed by atoms with Gasteiger partial charge in [-0.05, 0) is 6.92 Å². The number of nitrogens with zero attached hydrogens (tertiary/aromatic N) is 2. The van der Waals surface area contributed by atoms with Crippen LogP contribution in [0.5, 0.6) is 0 Å². The lowest BCUT2D eigenvalue weighted by Crippen LogP contribution is -2.41. The molecule has 0 aromatic rings. The van der Waals surface area contributed by atoms with Crippen molar-refractivity contribution in [3.8, 4) is 0 Å². The Bertz CT molecular complexity index is 119. The van der Waals surface area contributed by atoms with Crippen LogP contribution in [-0.4, -0.2) is 17.2 Å². The molecule has 0 amide bonds. The van der Waals surface area contributed by atoms with Crippen LogP contribution in [0.2, 0.25) is 0 Å². The summed E-state index contributed by atoms with van der Waals surface area (Å²) < 4.78 is 0. The third-order valence-corrected chi connectivity index (χ3v) is 1.12. The molecule has 0 fully saturated rings. The molecule has 0 saturated carbocycles. The van der Waals surface area contributed by atoms with E-state index in [4.69, 9.17) is 5.84 Å². The van der Waals surface area contributed by atoms with E-state index in [1.807, 2.05) is 19.0 Å². The summed E-state index contributed by atoms with van der Waals surface area (Å²) in [5, 5.41) is 3.25. The SMILES string of the molecule is CC1=CN(N)NN1C. The molecule has 1 heterocycles. The van der Waals surface area contributed by atoms with Crippen LogP contribution < -0.4 is 11.4 Å². The summed E-state index contributed by atoms with van der Waals surface area (Å²) in [5.74, 6) is 5.32. The van der Waals surface area contributed by atoms with Crippen LogP contribution in [0.25, 0.3) is 0 Å². The van der Waals surface area contributed by atoms with Crippen molar-refractivity contribution in [3.05, 3.63) is 11.9 Å². The summed E-state index contributed by atoms with van der Waals surface area (Å²) >= 11 is 0. The fraction of sp³-hybridized carbons (Fsp3) is 0.500. The summed E-state index contributed by atoms with van der Waals surface area (Å²) in [6.45, 7) is 1.97. The molecule has 0 saturated heterocycles. The van der Waals surface area contributed by atoms with Gasteiger partial charge in [-0.2, -0.15) is 0 Å². The quantitative estimate of drug-likeness (QED) is 0.412. The topological polar surface area (TPSA) is 44.5 Å². The molecule has 0 aromatic carbocycles. The highest BCUT2D eigenvalue weighted by molar-refractivity contribution is 4.96. The van der Waals surface area contributed by atoms with Gasteiger partial charge in [-0.1, -0.05) is 0 Å². The number of hydrogen-bond acceptors (Lipinski definition) is 4. The zero-order valence-corrected chi connectivity index (χ0v) is 5.05. The second-order valence-electron chi connectivity index (χ2n) is 1.84. The third kappa shape index (κ3) is 0.753. The van der Waals surface area contributed by atoms with Crippen LogP contribution in [0.3, 0.4) is 0 Å². The van der Waals surface area contributed by atoms with Crippen molar-refractivity contribution in [1.82, 2.24) is 15.7 Å². The predicted molar refractivity (Wildman–Crippen MR) is 30.7 cm³/mol. The van der Waals surface area contributed by atoms with Crippen molar-refractivity contribution in [1.29, 1.82) is 0 Å². The molecule has 46 valence electrons. The number of nitrogens with two attached hydrogens (primary N) is 1. The fourth-order valence-electron chi connectivity index (χ4n) is 0.569. The van der Waals surface area contributed by atoms with Gasteiger partial charge in [0, 0.05) is 12.7 Å². The van der Waals surface area contributed by atoms with Gasteiger partial charge >= 0.3 is 0 Å². The molecule has 3 N–H and O–H groups in total.